The van der Waals surface area contributed by atoms with Crippen molar-refractivity contribution in [3.63, 3.8) is 0 Å². The number of benzene rings is 3. The van der Waals surface area contributed by atoms with E-state index in [1.54, 1.807) is 0 Å². The maximum Gasteiger partial charge on any atom is 1.00 e. The zero-order chi connectivity index (χ0) is 30.9. The molecule has 0 bridgehead atoms. The van der Waals surface area contributed by atoms with E-state index in [4.69, 9.17) is 4.74 Å². The first-order valence-corrected chi connectivity index (χ1v) is 14.8. The van der Waals surface area contributed by atoms with Gasteiger partial charge in [-0.2, -0.15) is 0 Å². The van der Waals surface area contributed by atoms with E-state index >= 15 is 4.39 Å². The molecular weight excluding hydrogens is 614 g/mol. The molecule has 2 heterocycles. The van der Waals surface area contributed by atoms with Gasteiger partial charge in [0.2, 0.25) is 5.91 Å². The van der Waals surface area contributed by atoms with E-state index in [1.807, 2.05) is 0 Å². The number of hydrogen-bond donors (Lipinski definition) is 1. The molecule has 2 aliphatic heterocycles. The molecule has 2 aliphatic rings. The van der Waals surface area contributed by atoms with E-state index in [0.717, 1.165) is 6.07 Å². The topological polar surface area (TPSA) is 131 Å². The number of amides is 2. The second-order valence-corrected chi connectivity index (χ2v) is 11.6. The number of ether oxygens (including phenoxy) is 1. The maximum atomic E-state index is 15.6. The van der Waals surface area contributed by atoms with E-state index in [9.17, 15) is 36.4 Å². The first kappa shape index (κ1) is 33.9. The number of carbonyl (C=O) groups excluding carboxylic acids is 2. The Hall–Kier alpha value is -2.98. The Morgan fingerprint density at radius 3 is 2.11 bits per heavy atom. The largest absolute Gasteiger partial charge is 1.00 e. The zero-order valence-corrected chi connectivity index (χ0v) is 26.4. The second kappa shape index (κ2) is 14.0. The average Bonchev–Trinajstić information content (AvgIpc) is 2.97. The van der Waals surface area contributed by atoms with Gasteiger partial charge >= 0.3 is 35.7 Å². The molecule has 2 amide bonds. The van der Waals surface area contributed by atoms with Gasteiger partial charge < -0.3 is 24.2 Å². The summed E-state index contributed by atoms with van der Waals surface area (Å²) in [5, 5.41) is 10.6. The predicted octanol–water partition coefficient (Wildman–Crippen LogP) is 0.902. The summed E-state index contributed by atoms with van der Waals surface area (Å²) in [4.78, 5) is 28.4. The Kier molecular flexibility index (Phi) is 10.8. The Balaban J connectivity index is 0.00000442. The van der Waals surface area contributed by atoms with Gasteiger partial charge in [0.15, 0.2) is 10.3 Å². The van der Waals surface area contributed by atoms with Crippen molar-refractivity contribution in [2.75, 3.05) is 31.1 Å². The van der Waals surface area contributed by atoms with Crippen LogP contribution in [0.15, 0.2) is 66.7 Å². The molecule has 0 aromatic heterocycles. The summed E-state index contributed by atoms with van der Waals surface area (Å²) in [6.45, 7) is -0.549. The number of anilines is 1. The maximum absolute atomic E-state index is 15.6. The zero-order valence-electron chi connectivity index (χ0n) is 23.6. The number of β-lactam (4-membered cyclic amide) rings is 1. The molecule has 5 rings (SSSR count). The molecule has 2 saturated heterocycles. The number of rotatable bonds is 8. The number of hydrogen-bond acceptors (Lipinski definition) is 7. The molecule has 0 spiro atoms. The molecule has 1 N–H and O–H groups in total. The molecule has 15 heteroatoms. The van der Waals surface area contributed by atoms with Gasteiger partial charge in [-0.15, -0.1) is 0 Å². The smallest absolute Gasteiger partial charge is 0.735 e. The van der Waals surface area contributed by atoms with Gasteiger partial charge in [0.1, 0.15) is 23.2 Å². The van der Waals surface area contributed by atoms with Crippen LogP contribution < -0.4 is 39.2 Å². The molecule has 0 unspecified atom stereocenters. The van der Waals surface area contributed by atoms with Gasteiger partial charge in [0, 0.05) is 43.5 Å². The molecule has 0 radical (unpaired) electrons. The van der Waals surface area contributed by atoms with Crippen LogP contribution in [0.3, 0.4) is 0 Å². The number of halogens is 3. The van der Waals surface area contributed by atoms with E-state index in [0.29, 0.717) is 15.6 Å². The standard InChI is InChI=1S/C29H28F3N3O7S.Na/c30-19-3-1-18(2-4-19)26(36)12-11-24-27(35(28(24)37)21-7-5-20(31)6-8-21)23-10-9-22(17-25(23)32)42-29(38)33-13-15-34(16-14-33)43(39,40)41;/h1-10,17,24,26-27,36H,11-16H2,(H,39,40,41);/q;+1/p-1/t24-,26+,27-;/m1./s1. The minimum atomic E-state index is -4.63. The van der Waals surface area contributed by atoms with Gasteiger partial charge in [-0.1, -0.05) is 18.2 Å². The van der Waals surface area contributed by atoms with Crippen LogP contribution in [-0.2, 0) is 15.1 Å². The average molecular weight is 642 g/mol. The van der Waals surface area contributed by atoms with Crippen LogP contribution in [0.25, 0.3) is 0 Å². The van der Waals surface area contributed by atoms with Crippen molar-refractivity contribution in [3.05, 3.63) is 95.3 Å². The van der Waals surface area contributed by atoms with Gasteiger partial charge in [0.25, 0.3) is 0 Å². The van der Waals surface area contributed by atoms with E-state index < -0.39 is 51.9 Å². The first-order chi connectivity index (χ1) is 20.4. The van der Waals surface area contributed by atoms with Gasteiger partial charge in [-0.05, 0) is 60.9 Å². The summed E-state index contributed by atoms with van der Waals surface area (Å²) in [5.41, 5.74) is 0.925. The second-order valence-electron chi connectivity index (χ2n) is 10.3. The van der Waals surface area contributed by atoms with Crippen LogP contribution >= 0.6 is 0 Å². The SMILES string of the molecule is O=C(Oc1ccc([C@@H]2[C@@H](CC[C@H](O)c3ccc(F)cc3)C(=O)N2c2ccc(F)cc2)c(F)c1)N1CCN(S(=O)(=O)[O-])CC1.[Na+]. The van der Waals surface area contributed by atoms with E-state index in [-0.39, 0.29) is 85.8 Å². The quantitative estimate of drug-likeness (QED) is 0.220. The molecule has 228 valence electrons. The van der Waals surface area contributed by atoms with Crippen molar-refractivity contribution < 1.29 is 75.1 Å². The van der Waals surface area contributed by atoms with E-state index in [2.05, 4.69) is 0 Å². The van der Waals surface area contributed by atoms with E-state index in [1.165, 1.54) is 70.5 Å². The monoisotopic (exact) mass is 641 g/mol. The Morgan fingerprint density at radius 1 is 0.955 bits per heavy atom. The summed E-state index contributed by atoms with van der Waals surface area (Å²) >= 11 is 0. The van der Waals surface area contributed by atoms with Crippen LogP contribution in [0.1, 0.15) is 36.1 Å². The molecule has 2 fully saturated rings. The van der Waals surface area contributed by atoms with Gasteiger partial charge in [-0.3, -0.25) is 4.79 Å². The fraction of sp³-hybridized carbons (Fsp3) is 0.310. The summed E-state index contributed by atoms with van der Waals surface area (Å²) < 4.78 is 81.9. The Bertz CT molecular complexity index is 1610. The molecule has 10 nitrogen and oxygen atoms in total. The van der Waals surface area contributed by atoms with Crippen LogP contribution in [0, 0.1) is 23.4 Å². The van der Waals surface area contributed by atoms with Crippen LogP contribution in [-0.4, -0.2) is 65.5 Å². The van der Waals surface area contributed by atoms with Crippen molar-refractivity contribution in [2.45, 2.75) is 25.0 Å². The summed E-state index contributed by atoms with van der Waals surface area (Å²) in [5.74, 6) is -2.97. The third-order valence-electron chi connectivity index (χ3n) is 7.63. The van der Waals surface area contributed by atoms with Crippen LogP contribution in [0.4, 0.5) is 23.7 Å². The Morgan fingerprint density at radius 2 is 1.55 bits per heavy atom. The molecule has 3 aromatic carbocycles. The van der Waals surface area contributed by atoms with Crippen molar-refractivity contribution in [1.82, 2.24) is 9.21 Å². The van der Waals surface area contributed by atoms with Crippen molar-refractivity contribution >= 4 is 28.0 Å². The summed E-state index contributed by atoms with van der Waals surface area (Å²) in [7, 11) is -4.63. The fourth-order valence-corrected chi connectivity index (χ4v) is 5.95. The number of nitrogens with zero attached hydrogens (tertiary/aromatic N) is 3. The van der Waals surface area contributed by atoms with Crippen LogP contribution in [0.5, 0.6) is 5.75 Å². The fourth-order valence-electron chi connectivity index (χ4n) is 5.34. The number of aliphatic hydroxyl groups is 1. The summed E-state index contributed by atoms with van der Waals surface area (Å²) in [6, 6.07) is 13.4. The minimum Gasteiger partial charge on any atom is -0.735 e. The third kappa shape index (κ3) is 7.45. The normalized spacial score (nSPS) is 19.6. The van der Waals surface area contributed by atoms with Crippen molar-refractivity contribution in [3.8, 4) is 5.75 Å². The number of piperazine rings is 1. The van der Waals surface area contributed by atoms with Crippen molar-refractivity contribution in [2.24, 2.45) is 5.92 Å². The molecule has 0 aliphatic carbocycles. The Labute approximate surface area is 274 Å². The number of aliphatic hydroxyl groups excluding tert-OH is 1. The molecule has 0 saturated carbocycles. The van der Waals surface area contributed by atoms with Crippen molar-refractivity contribution in [1.29, 1.82) is 0 Å². The van der Waals surface area contributed by atoms with Gasteiger partial charge in [-0.25, -0.2) is 30.7 Å². The third-order valence-corrected chi connectivity index (χ3v) is 8.63. The molecular formula is C29H27F3N3NaO7S. The number of carbonyl (C=O) groups is 2. The molecule has 3 atom stereocenters. The minimum absolute atomic E-state index is 0. The van der Waals surface area contributed by atoms with Gasteiger partial charge in [0.05, 0.1) is 18.1 Å². The molecule has 3 aromatic rings. The first-order valence-electron chi connectivity index (χ1n) is 13.4. The van der Waals surface area contributed by atoms with Crippen LogP contribution in [0.2, 0.25) is 0 Å². The summed E-state index contributed by atoms with van der Waals surface area (Å²) in [6.07, 6.45) is -1.54. The predicted molar refractivity (Wildman–Crippen MR) is 146 cm³/mol. The molecule has 44 heavy (non-hydrogen) atoms.